The molecule has 0 aliphatic heterocycles. The van der Waals surface area contributed by atoms with E-state index in [0.29, 0.717) is 16.9 Å². The van der Waals surface area contributed by atoms with Crippen molar-refractivity contribution in [2.75, 3.05) is 0 Å². The van der Waals surface area contributed by atoms with Gasteiger partial charge >= 0.3 is 5.97 Å². The molecule has 0 bridgehead atoms. The second-order valence-corrected chi connectivity index (χ2v) is 8.86. The summed E-state index contributed by atoms with van der Waals surface area (Å²) in [5, 5.41) is 19.9. The van der Waals surface area contributed by atoms with Crippen molar-refractivity contribution in [1.29, 1.82) is 0 Å². The van der Waals surface area contributed by atoms with Crippen LogP contribution < -0.4 is 0 Å². The number of hydrogen-bond donors (Lipinski definition) is 2. The number of fused-ring (bicyclic) bond motifs is 1. The molecule has 0 aromatic rings. The average Bonchev–Trinajstić information content (AvgIpc) is 2.34. The highest BCUT2D eigenvalue weighted by molar-refractivity contribution is 5.81. The van der Waals surface area contributed by atoms with Crippen molar-refractivity contribution >= 4 is 5.97 Å². The van der Waals surface area contributed by atoms with E-state index in [2.05, 4.69) is 26.8 Å². The van der Waals surface area contributed by atoms with Crippen LogP contribution in [0.4, 0.5) is 0 Å². The van der Waals surface area contributed by atoms with Crippen molar-refractivity contribution < 1.29 is 15.0 Å². The van der Waals surface area contributed by atoms with Crippen molar-refractivity contribution in [3.63, 3.8) is 0 Å². The standard InChI is InChI=1S/C20H32O3/c1-14(13-17(21)22)7-8-16-19(4)11-6-10-18(2,3)15(19)9-12-20(16,5)23/h7-8,13,15-16,23H,6,9-12H2,1-5H3,(H,21,22)/b8-7+,14-13-/t15-,16+,19-,20+/m0/s1. The number of carbonyl (C=O) groups is 1. The van der Waals surface area contributed by atoms with E-state index in [1.807, 2.05) is 13.0 Å². The van der Waals surface area contributed by atoms with Gasteiger partial charge in [0.15, 0.2) is 0 Å². The zero-order valence-electron chi connectivity index (χ0n) is 15.2. The molecule has 3 heteroatoms. The highest BCUT2D eigenvalue weighted by atomic mass is 16.4. The van der Waals surface area contributed by atoms with E-state index in [1.54, 1.807) is 6.92 Å². The molecule has 0 aromatic carbocycles. The van der Waals surface area contributed by atoms with Gasteiger partial charge in [-0.1, -0.05) is 39.3 Å². The van der Waals surface area contributed by atoms with Crippen LogP contribution in [0, 0.1) is 22.7 Å². The Balaban J connectivity index is 2.37. The van der Waals surface area contributed by atoms with Crippen molar-refractivity contribution in [1.82, 2.24) is 0 Å². The molecule has 0 aromatic heterocycles. The van der Waals surface area contributed by atoms with Gasteiger partial charge in [-0.2, -0.15) is 0 Å². The van der Waals surface area contributed by atoms with Gasteiger partial charge in [-0.05, 0) is 61.9 Å². The van der Waals surface area contributed by atoms with Crippen LogP contribution in [0.25, 0.3) is 0 Å². The van der Waals surface area contributed by atoms with Gasteiger partial charge in [-0.15, -0.1) is 0 Å². The molecule has 2 aliphatic rings. The Labute approximate surface area is 140 Å². The van der Waals surface area contributed by atoms with Crippen LogP contribution >= 0.6 is 0 Å². The predicted octanol–water partition coefficient (Wildman–Crippen LogP) is 4.57. The molecule has 0 unspecified atom stereocenters. The van der Waals surface area contributed by atoms with Gasteiger partial charge in [0.25, 0.3) is 0 Å². The van der Waals surface area contributed by atoms with Crippen LogP contribution in [-0.2, 0) is 4.79 Å². The van der Waals surface area contributed by atoms with E-state index >= 15 is 0 Å². The maximum Gasteiger partial charge on any atom is 0.328 e. The Morgan fingerprint density at radius 2 is 1.78 bits per heavy atom. The fourth-order valence-electron chi connectivity index (χ4n) is 5.48. The van der Waals surface area contributed by atoms with Crippen molar-refractivity contribution in [3.8, 4) is 0 Å². The van der Waals surface area contributed by atoms with Gasteiger partial charge in [0, 0.05) is 12.0 Å². The molecule has 3 nitrogen and oxygen atoms in total. The third kappa shape index (κ3) is 3.55. The number of aliphatic carboxylic acids is 1. The smallest absolute Gasteiger partial charge is 0.328 e. The summed E-state index contributed by atoms with van der Waals surface area (Å²) in [5.41, 5.74) is 0.373. The van der Waals surface area contributed by atoms with E-state index in [4.69, 9.17) is 5.11 Å². The fourth-order valence-corrected chi connectivity index (χ4v) is 5.48. The van der Waals surface area contributed by atoms with E-state index in [9.17, 15) is 9.90 Å². The average molecular weight is 320 g/mol. The number of allylic oxidation sites excluding steroid dienone is 2. The molecule has 2 fully saturated rings. The largest absolute Gasteiger partial charge is 0.478 e. The molecule has 2 N–H and O–H groups in total. The van der Waals surface area contributed by atoms with E-state index in [1.165, 1.54) is 18.9 Å². The van der Waals surface area contributed by atoms with Crippen LogP contribution in [0.15, 0.2) is 23.8 Å². The first-order valence-electron chi connectivity index (χ1n) is 8.81. The molecule has 0 saturated heterocycles. The number of hydrogen-bond acceptors (Lipinski definition) is 2. The summed E-state index contributed by atoms with van der Waals surface area (Å²) < 4.78 is 0. The normalized spacial score (nSPS) is 40.9. The zero-order valence-corrected chi connectivity index (χ0v) is 15.2. The van der Waals surface area contributed by atoms with Crippen molar-refractivity contribution in [2.45, 2.75) is 72.3 Å². The SMILES string of the molecule is CC(=C/C(=O)O)/C=C/[C@@H]1[C@@]2(C)CCCC(C)(C)[C@@H]2CC[C@@]1(C)O. The Morgan fingerprint density at radius 3 is 2.39 bits per heavy atom. The van der Waals surface area contributed by atoms with Crippen molar-refractivity contribution in [2.24, 2.45) is 22.7 Å². The lowest BCUT2D eigenvalue weighted by molar-refractivity contribution is -0.149. The molecule has 0 spiro atoms. The third-order valence-electron chi connectivity index (χ3n) is 6.50. The van der Waals surface area contributed by atoms with Gasteiger partial charge in [0.05, 0.1) is 5.60 Å². The lowest BCUT2D eigenvalue weighted by atomic mass is 9.45. The molecule has 130 valence electrons. The monoisotopic (exact) mass is 320 g/mol. The second kappa shape index (κ2) is 6.08. The maximum absolute atomic E-state index is 11.0. The summed E-state index contributed by atoms with van der Waals surface area (Å²) in [6.07, 6.45) is 10.6. The highest BCUT2D eigenvalue weighted by Gasteiger charge is 2.57. The topological polar surface area (TPSA) is 57.5 Å². The fraction of sp³-hybridized carbons (Fsp3) is 0.750. The molecule has 0 amide bonds. The van der Waals surface area contributed by atoms with E-state index in [-0.39, 0.29) is 11.3 Å². The van der Waals surface area contributed by atoms with Crippen LogP contribution in [0.5, 0.6) is 0 Å². The maximum atomic E-state index is 11.0. The Bertz CT molecular complexity index is 527. The molecule has 4 atom stereocenters. The molecule has 2 rings (SSSR count). The number of carboxylic acid groups (broad SMARTS) is 1. The molecule has 2 aliphatic carbocycles. The molecule has 0 heterocycles. The van der Waals surface area contributed by atoms with Crippen LogP contribution in [0.3, 0.4) is 0 Å². The first-order chi connectivity index (χ1) is 10.5. The summed E-state index contributed by atoms with van der Waals surface area (Å²) in [7, 11) is 0. The van der Waals surface area contributed by atoms with Crippen molar-refractivity contribution in [3.05, 3.63) is 23.8 Å². The zero-order chi connectivity index (χ0) is 17.5. The summed E-state index contributed by atoms with van der Waals surface area (Å²) in [5.74, 6) is -0.265. The molecule has 23 heavy (non-hydrogen) atoms. The summed E-state index contributed by atoms with van der Waals surface area (Å²) >= 11 is 0. The molecular formula is C20H32O3. The van der Waals surface area contributed by atoms with Crippen LogP contribution in [-0.4, -0.2) is 21.8 Å². The number of aliphatic hydroxyl groups is 1. The van der Waals surface area contributed by atoms with Gasteiger partial charge in [0.2, 0.25) is 0 Å². The molecule has 2 saturated carbocycles. The summed E-state index contributed by atoms with van der Waals surface area (Å²) in [6.45, 7) is 10.8. The van der Waals surface area contributed by atoms with E-state index in [0.717, 1.165) is 19.3 Å². The first-order valence-corrected chi connectivity index (χ1v) is 8.81. The van der Waals surface area contributed by atoms with E-state index < -0.39 is 11.6 Å². The Morgan fingerprint density at radius 1 is 1.13 bits per heavy atom. The lowest BCUT2D eigenvalue weighted by Gasteiger charge is -2.60. The van der Waals surface area contributed by atoms with Crippen LogP contribution in [0.2, 0.25) is 0 Å². The highest BCUT2D eigenvalue weighted by Crippen LogP contribution is 2.62. The van der Waals surface area contributed by atoms with Gasteiger partial charge in [-0.25, -0.2) is 4.79 Å². The first kappa shape index (κ1) is 18.3. The quantitative estimate of drug-likeness (QED) is 0.591. The number of rotatable bonds is 3. The minimum atomic E-state index is -0.926. The van der Waals surface area contributed by atoms with Gasteiger partial charge < -0.3 is 10.2 Å². The Kier molecular flexibility index (Phi) is 4.83. The Hall–Kier alpha value is -1.09. The van der Waals surface area contributed by atoms with Gasteiger partial charge in [-0.3, -0.25) is 0 Å². The summed E-state index contributed by atoms with van der Waals surface area (Å²) in [4.78, 5) is 10.8. The second-order valence-electron chi connectivity index (χ2n) is 8.86. The third-order valence-corrected chi connectivity index (χ3v) is 6.50. The van der Waals surface area contributed by atoms with Crippen LogP contribution in [0.1, 0.15) is 66.7 Å². The predicted molar refractivity (Wildman–Crippen MR) is 93.1 cm³/mol. The number of carboxylic acids is 1. The summed E-state index contributed by atoms with van der Waals surface area (Å²) in [6, 6.07) is 0. The molecule has 0 radical (unpaired) electrons. The molecular weight excluding hydrogens is 288 g/mol. The minimum absolute atomic E-state index is 0.0606. The van der Waals surface area contributed by atoms with Gasteiger partial charge in [0.1, 0.15) is 0 Å². The minimum Gasteiger partial charge on any atom is -0.478 e. The lowest BCUT2D eigenvalue weighted by Crippen LogP contribution is -2.56.